The Balaban J connectivity index is 2.15. The van der Waals surface area contributed by atoms with Gasteiger partial charge in [0.05, 0.1) is 17.0 Å². The smallest absolute Gasteiger partial charge is 0.338 e. The van der Waals surface area contributed by atoms with Crippen LogP contribution in [-0.2, 0) is 19.6 Å². The second-order valence-electron chi connectivity index (χ2n) is 6.00. The zero-order chi connectivity index (χ0) is 19.2. The molecule has 1 aliphatic heterocycles. The molecule has 7 nitrogen and oxygen atoms in total. The lowest BCUT2D eigenvalue weighted by molar-refractivity contribution is -0.123. The molecule has 1 aromatic rings. The average Bonchev–Trinajstić information content (AvgIpc) is 2.65. The van der Waals surface area contributed by atoms with Crippen molar-refractivity contribution >= 4 is 21.9 Å². The zero-order valence-electron chi connectivity index (χ0n) is 14.7. The Bertz CT molecular complexity index is 820. The summed E-state index contributed by atoms with van der Waals surface area (Å²) in [6.07, 6.45) is 7.69. The van der Waals surface area contributed by atoms with Crippen molar-refractivity contribution in [2.75, 3.05) is 26.2 Å². The number of sulfonamides is 1. The topological polar surface area (TPSA) is 92.8 Å². The van der Waals surface area contributed by atoms with Gasteiger partial charge >= 0.3 is 5.97 Å². The van der Waals surface area contributed by atoms with Crippen LogP contribution >= 0.6 is 0 Å². The summed E-state index contributed by atoms with van der Waals surface area (Å²) in [5.41, 5.74) is 0.685. The summed E-state index contributed by atoms with van der Waals surface area (Å²) >= 11 is 0. The molecule has 1 heterocycles. The average molecular weight is 378 g/mol. The van der Waals surface area contributed by atoms with E-state index in [1.165, 1.54) is 16.4 Å². The Kier molecular flexibility index (Phi) is 6.77. The number of rotatable bonds is 6. The first kappa shape index (κ1) is 19.9. The number of aryl methyl sites for hydroxylation is 1. The molecule has 1 fully saturated rings. The number of hydrogen-bond acceptors (Lipinski definition) is 5. The maximum absolute atomic E-state index is 12.7. The summed E-state index contributed by atoms with van der Waals surface area (Å²) in [5, 5.41) is 2.38. The number of esters is 1. The van der Waals surface area contributed by atoms with Crippen LogP contribution in [0.1, 0.15) is 35.2 Å². The zero-order valence-corrected chi connectivity index (χ0v) is 15.5. The van der Waals surface area contributed by atoms with Crippen LogP contribution in [0.2, 0.25) is 0 Å². The Hall–Kier alpha value is -2.37. The molecule has 0 aromatic heterocycles. The number of terminal acetylenes is 1. The Morgan fingerprint density at radius 2 is 1.96 bits per heavy atom. The molecule has 1 N–H and O–H groups in total. The fraction of sp³-hybridized carbons (Fsp3) is 0.444. The van der Waals surface area contributed by atoms with E-state index in [2.05, 4.69) is 11.2 Å². The van der Waals surface area contributed by atoms with Gasteiger partial charge < -0.3 is 10.1 Å². The molecule has 0 bridgehead atoms. The lowest BCUT2D eigenvalue weighted by atomic mass is 10.1. The molecule has 8 heteroatoms. The van der Waals surface area contributed by atoms with Gasteiger partial charge in [-0.3, -0.25) is 4.79 Å². The molecule has 0 spiro atoms. The number of piperidine rings is 1. The molecule has 26 heavy (non-hydrogen) atoms. The second kappa shape index (κ2) is 8.83. The van der Waals surface area contributed by atoms with Crippen molar-refractivity contribution in [1.29, 1.82) is 0 Å². The van der Waals surface area contributed by atoms with Crippen LogP contribution in [0.25, 0.3) is 0 Å². The normalized spacial score (nSPS) is 15.1. The first-order chi connectivity index (χ1) is 12.4. The van der Waals surface area contributed by atoms with Gasteiger partial charge in [0.2, 0.25) is 10.0 Å². The van der Waals surface area contributed by atoms with E-state index in [0.29, 0.717) is 18.7 Å². The summed E-state index contributed by atoms with van der Waals surface area (Å²) in [6.45, 7) is 2.19. The number of carbonyl (C=O) groups is 2. The van der Waals surface area contributed by atoms with Crippen LogP contribution in [0.4, 0.5) is 0 Å². The summed E-state index contributed by atoms with van der Waals surface area (Å²) in [6, 6.07) is 4.35. The highest BCUT2D eigenvalue weighted by molar-refractivity contribution is 7.89. The Morgan fingerprint density at radius 1 is 1.27 bits per heavy atom. The van der Waals surface area contributed by atoms with Crippen molar-refractivity contribution < 1.29 is 22.7 Å². The van der Waals surface area contributed by atoms with Crippen LogP contribution in [0.5, 0.6) is 0 Å². The molecular weight excluding hydrogens is 356 g/mol. The third-order valence-corrected chi connectivity index (χ3v) is 6.00. The molecule has 0 unspecified atom stereocenters. The number of amides is 1. The molecule has 140 valence electrons. The largest absolute Gasteiger partial charge is 0.452 e. The summed E-state index contributed by atoms with van der Waals surface area (Å²) < 4.78 is 31.9. The van der Waals surface area contributed by atoms with Gasteiger partial charge in [0.15, 0.2) is 6.61 Å². The number of nitrogens with zero attached hydrogens (tertiary/aromatic N) is 1. The predicted octanol–water partition coefficient (Wildman–Crippen LogP) is 1.08. The lowest BCUT2D eigenvalue weighted by Crippen LogP contribution is -2.35. The fourth-order valence-electron chi connectivity index (χ4n) is 2.65. The maximum Gasteiger partial charge on any atom is 0.338 e. The molecule has 2 rings (SSSR count). The van der Waals surface area contributed by atoms with E-state index >= 15 is 0 Å². The van der Waals surface area contributed by atoms with E-state index in [0.717, 1.165) is 19.3 Å². The van der Waals surface area contributed by atoms with Gasteiger partial charge in [-0.15, -0.1) is 6.42 Å². The van der Waals surface area contributed by atoms with Crippen LogP contribution in [0.3, 0.4) is 0 Å². The van der Waals surface area contributed by atoms with Crippen LogP contribution in [-0.4, -0.2) is 50.8 Å². The van der Waals surface area contributed by atoms with Gasteiger partial charge in [-0.05, 0) is 37.5 Å². The van der Waals surface area contributed by atoms with E-state index < -0.39 is 28.5 Å². The third kappa shape index (κ3) is 4.84. The molecule has 0 radical (unpaired) electrons. The van der Waals surface area contributed by atoms with E-state index in [-0.39, 0.29) is 17.0 Å². The van der Waals surface area contributed by atoms with Crippen molar-refractivity contribution in [3.05, 3.63) is 29.3 Å². The van der Waals surface area contributed by atoms with Gasteiger partial charge in [-0.1, -0.05) is 18.4 Å². The fourth-order valence-corrected chi connectivity index (χ4v) is 4.19. The van der Waals surface area contributed by atoms with Crippen molar-refractivity contribution in [1.82, 2.24) is 9.62 Å². The van der Waals surface area contributed by atoms with Crippen LogP contribution in [0, 0.1) is 19.3 Å². The molecule has 1 aliphatic rings. The minimum Gasteiger partial charge on any atom is -0.452 e. The van der Waals surface area contributed by atoms with Gasteiger partial charge in [0.1, 0.15) is 0 Å². The minimum absolute atomic E-state index is 0.0406. The molecule has 1 aromatic carbocycles. The van der Waals surface area contributed by atoms with Gasteiger partial charge in [-0.25, -0.2) is 13.2 Å². The van der Waals surface area contributed by atoms with Crippen molar-refractivity contribution in [2.45, 2.75) is 31.1 Å². The minimum atomic E-state index is -3.65. The first-order valence-corrected chi connectivity index (χ1v) is 9.78. The van der Waals surface area contributed by atoms with Gasteiger partial charge in [0.25, 0.3) is 5.91 Å². The molecular formula is C18H22N2O5S. The monoisotopic (exact) mass is 378 g/mol. The number of carbonyl (C=O) groups excluding carboxylic acids is 2. The summed E-state index contributed by atoms with van der Waals surface area (Å²) in [5.74, 6) is 0.961. The Labute approximate surface area is 153 Å². The van der Waals surface area contributed by atoms with Crippen molar-refractivity contribution in [2.24, 2.45) is 0 Å². The molecule has 1 amide bonds. The molecule has 1 saturated heterocycles. The second-order valence-corrected chi connectivity index (χ2v) is 7.94. The molecule has 0 saturated carbocycles. The lowest BCUT2D eigenvalue weighted by Gasteiger charge is -2.26. The molecule has 0 aliphatic carbocycles. The number of benzene rings is 1. The number of nitrogens with one attached hydrogen (secondary N) is 1. The van der Waals surface area contributed by atoms with E-state index in [1.54, 1.807) is 13.0 Å². The summed E-state index contributed by atoms with van der Waals surface area (Å²) in [7, 11) is -3.65. The molecule has 0 atom stereocenters. The van der Waals surface area contributed by atoms with Crippen LogP contribution < -0.4 is 5.32 Å². The van der Waals surface area contributed by atoms with Gasteiger partial charge in [0, 0.05) is 13.1 Å². The Morgan fingerprint density at radius 3 is 2.62 bits per heavy atom. The van der Waals surface area contributed by atoms with Crippen LogP contribution in [0.15, 0.2) is 23.1 Å². The van der Waals surface area contributed by atoms with Gasteiger partial charge in [-0.2, -0.15) is 4.31 Å². The van der Waals surface area contributed by atoms with Crippen molar-refractivity contribution in [3.63, 3.8) is 0 Å². The number of ether oxygens (including phenoxy) is 1. The predicted molar refractivity (Wildman–Crippen MR) is 95.9 cm³/mol. The highest BCUT2D eigenvalue weighted by atomic mass is 32.2. The quantitative estimate of drug-likeness (QED) is 0.591. The third-order valence-electron chi connectivity index (χ3n) is 4.10. The highest BCUT2D eigenvalue weighted by Crippen LogP contribution is 2.23. The van der Waals surface area contributed by atoms with E-state index in [4.69, 9.17) is 11.2 Å². The van der Waals surface area contributed by atoms with Crippen molar-refractivity contribution in [3.8, 4) is 12.3 Å². The number of hydrogen-bond donors (Lipinski definition) is 1. The SMILES string of the molecule is C#CCNC(=O)COC(=O)c1cc(S(=O)(=O)N2CCCCC2)ccc1C. The van der Waals surface area contributed by atoms with E-state index in [9.17, 15) is 18.0 Å². The highest BCUT2D eigenvalue weighted by Gasteiger charge is 2.27. The maximum atomic E-state index is 12.7. The standard InChI is InChI=1S/C18H22N2O5S/c1-3-9-19-17(21)13-25-18(22)16-12-15(8-7-14(16)2)26(23,24)20-10-5-4-6-11-20/h1,7-8,12H,4-6,9-11,13H2,2H3,(H,19,21). The van der Waals surface area contributed by atoms with E-state index in [1.807, 2.05) is 0 Å². The first-order valence-electron chi connectivity index (χ1n) is 8.34. The summed E-state index contributed by atoms with van der Waals surface area (Å²) in [4.78, 5) is 23.8.